The van der Waals surface area contributed by atoms with E-state index in [2.05, 4.69) is 5.32 Å². The maximum absolute atomic E-state index is 13.1. The molecule has 1 rings (SSSR count). The van der Waals surface area contributed by atoms with Crippen LogP contribution in [-0.4, -0.2) is 24.9 Å². The molecule has 0 spiro atoms. The highest BCUT2D eigenvalue weighted by Crippen LogP contribution is 2.36. The van der Waals surface area contributed by atoms with Crippen molar-refractivity contribution in [3.05, 3.63) is 29.3 Å². The monoisotopic (exact) mass is 305 g/mol. The first-order chi connectivity index (χ1) is 9.99. The van der Waals surface area contributed by atoms with E-state index in [0.29, 0.717) is 24.9 Å². The van der Waals surface area contributed by atoms with Crippen molar-refractivity contribution in [2.24, 2.45) is 0 Å². The SMILES string of the molecule is CCCNCc1ccc(OCCCCO)c(C(F)(F)F)c1. The zero-order valence-electron chi connectivity index (χ0n) is 12.2. The van der Waals surface area contributed by atoms with Gasteiger partial charge in [0, 0.05) is 13.2 Å². The van der Waals surface area contributed by atoms with Crippen molar-refractivity contribution in [3.8, 4) is 5.75 Å². The predicted molar refractivity (Wildman–Crippen MR) is 75.3 cm³/mol. The Morgan fingerprint density at radius 3 is 2.62 bits per heavy atom. The van der Waals surface area contributed by atoms with Crippen LogP contribution in [0.1, 0.15) is 37.3 Å². The Bertz CT molecular complexity index is 422. The summed E-state index contributed by atoms with van der Waals surface area (Å²) in [7, 11) is 0. The van der Waals surface area contributed by atoms with Crippen LogP contribution in [0.3, 0.4) is 0 Å². The number of hydrogen-bond acceptors (Lipinski definition) is 3. The van der Waals surface area contributed by atoms with Crippen molar-refractivity contribution in [1.29, 1.82) is 0 Å². The average molecular weight is 305 g/mol. The number of alkyl halides is 3. The van der Waals surface area contributed by atoms with Crippen LogP contribution in [0.4, 0.5) is 13.2 Å². The molecule has 0 saturated carbocycles. The number of aliphatic hydroxyl groups excluding tert-OH is 1. The molecule has 0 bridgehead atoms. The van der Waals surface area contributed by atoms with E-state index in [4.69, 9.17) is 9.84 Å². The van der Waals surface area contributed by atoms with E-state index in [0.717, 1.165) is 19.0 Å². The van der Waals surface area contributed by atoms with Crippen LogP contribution < -0.4 is 10.1 Å². The summed E-state index contributed by atoms with van der Waals surface area (Å²) < 4.78 is 44.3. The highest BCUT2D eigenvalue weighted by molar-refractivity contribution is 5.39. The van der Waals surface area contributed by atoms with Gasteiger partial charge in [0.05, 0.1) is 12.2 Å². The highest BCUT2D eigenvalue weighted by atomic mass is 19.4. The van der Waals surface area contributed by atoms with Crippen molar-refractivity contribution < 1.29 is 23.0 Å². The lowest BCUT2D eigenvalue weighted by molar-refractivity contribution is -0.139. The lowest BCUT2D eigenvalue weighted by Gasteiger charge is -2.15. The summed E-state index contributed by atoms with van der Waals surface area (Å²) in [5.74, 6) is -0.153. The largest absolute Gasteiger partial charge is 0.493 e. The quantitative estimate of drug-likeness (QED) is 0.687. The molecule has 2 N–H and O–H groups in total. The van der Waals surface area contributed by atoms with Crippen molar-refractivity contribution in [2.75, 3.05) is 19.8 Å². The Morgan fingerprint density at radius 2 is 2.00 bits per heavy atom. The Balaban J connectivity index is 2.77. The second-order valence-corrected chi connectivity index (χ2v) is 4.78. The van der Waals surface area contributed by atoms with Crippen molar-refractivity contribution in [2.45, 2.75) is 38.9 Å². The van der Waals surface area contributed by atoms with Gasteiger partial charge in [-0.2, -0.15) is 13.2 Å². The summed E-state index contributed by atoms with van der Waals surface area (Å²) in [6, 6.07) is 4.13. The summed E-state index contributed by atoms with van der Waals surface area (Å²) in [6.07, 6.45) is -2.47. The third kappa shape index (κ3) is 6.35. The minimum atomic E-state index is -4.44. The summed E-state index contributed by atoms with van der Waals surface area (Å²) >= 11 is 0. The molecule has 1 aromatic rings. The summed E-state index contributed by atoms with van der Waals surface area (Å²) in [4.78, 5) is 0. The molecule has 1 aromatic carbocycles. The Morgan fingerprint density at radius 1 is 1.24 bits per heavy atom. The van der Waals surface area contributed by atoms with Gasteiger partial charge in [0.2, 0.25) is 0 Å². The topological polar surface area (TPSA) is 41.5 Å². The fraction of sp³-hybridized carbons (Fsp3) is 0.600. The van der Waals surface area contributed by atoms with E-state index in [1.807, 2.05) is 6.92 Å². The molecule has 0 heterocycles. The molecule has 120 valence electrons. The molecule has 0 unspecified atom stereocenters. The van der Waals surface area contributed by atoms with Gasteiger partial charge in [-0.05, 0) is 43.5 Å². The molecule has 0 aliphatic carbocycles. The molecule has 3 nitrogen and oxygen atoms in total. The fourth-order valence-corrected chi connectivity index (χ4v) is 1.84. The van der Waals surface area contributed by atoms with Gasteiger partial charge in [-0.1, -0.05) is 13.0 Å². The molecule has 0 amide bonds. The molecule has 0 fully saturated rings. The molecular formula is C15H22F3NO2. The maximum atomic E-state index is 13.1. The van der Waals surface area contributed by atoms with Gasteiger partial charge < -0.3 is 15.2 Å². The number of benzene rings is 1. The van der Waals surface area contributed by atoms with Gasteiger partial charge in [-0.15, -0.1) is 0 Å². The number of rotatable bonds is 9. The fourth-order valence-electron chi connectivity index (χ4n) is 1.84. The number of hydrogen-bond donors (Lipinski definition) is 2. The smallest absolute Gasteiger partial charge is 0.419 e. The average Bonchev–Trinajstić information content (AvgIpc) is 2.44. The van der Waals surface area contributed by atoms with Gasteiger partial charge >= 0.3 is 6.18 Å². The van der Waals surface area contributed by atoms with Crippen LogP contribution >= 0.6 is 0 Å². The normalized spacial score (nSPS) is 11.7. The zero-order chi connectivity index (χ0) is 15.7. The van der Waals surface area contributed by atoms with Crippen LogP contribution in [0.2, 0.25) is 0 Å². The molecule has 0 aromatic heterocycles. The first-order valence-electron chi connectivity index (χ1n) is 7.13. The van der Waals surface area contributed by atoms with Gasteiger partial charge in [-0.3, -0.25) is 0 Å². The molecular weight excluding hydrogens is 283 g/mol. The van der Waals surface area contributed by atoms with Crippen molar-refractivity contribution >= 4 is 0 Å². The summed E-state index contributed by atoms with van der Waals surface area (Å²) in [5, 5.41) is 11.7. The highest BCUT2D eigenvalue weighted by Gasteiger charge is 2.34. The molecule has 0 saturated heterocycles. The lowest BCUT2D eigenvalue weighted by Crippen LogP contribution is -2.15. The van der Waals surface area contributed by atoms with E-state index in [1.165, 1.54) is 6.07 Å². The molecule has 0 aliphatic heterocycles. The minimum Gasteiger partial charge on any atom is -0.493 e. The van der Waals surface area contributed by atoms with Gasteiger partial charge in [0.1, 0.15) is 5.75 Å². The maximum Gasteiger partial charge on any atom is 0.419 e. The van der Waals surface area contributed by atoms with Gasteiger partial charge in [0.15, 0.2) is 0 Å². The number of unbranched alkanes of at least 4 members (excludes halogenated alkanes) is 1. The minimum absolute atomic E-state index is 0.0114. The van der Waals surface area contributed by atoms with E-state index in [9.17, 15) is 13.2 Å². The first kappa shape index (κ1) is 17.8. The molecule has 0 aliphatic rings. The molecule has 0 radical (unpaired) electrons. The Kier molecular flexibility index (Phi) is 7.53. The van der Waals surface area contributed by atoms with Crippen molar-refractivity contribution in [3.63, 3.8) is 0 Å². The standard InChI is InChI=1S/C15H22F3NO2/c1-2-7-19-11-12-5-6-14(21-9-4-3-8-20)13(10-12)15(16,17)18/h5-6,10,19-20H,2-4,7-9,11H2,1H3. The predicted octanol–water partition coefficient (Wildman–Crippen LogP) is 3.36. The number of ether oxygens (including phenoxy) is 1. The van der Waals surface area contributed by atoms with Gasteiger partial charge in [0.25, 0.3) is 0 Å². The first-order valence-corrected chi connectivity index (χ1v) is 7.13. The van der Waals surface area contributed by atoms with Crippen LogP contribution in [-0.2, 0) is 12.7 Å². The van der Waals surface area contributed by atoms with Gasteiger partial charge in [-0.25, -0.2) is 0 Å². The van der Waals surface area contributed by atoms with E-state index in [-0.39, 0.29) is 19.0 Å². The molecule has 0 atom stereocenters. The van der Waals surface area contributed by atoms with Crippen molar-refractivity contribution in [1.82, 2.24) is 5.32 Å². The second kappa shape index (κ2) is 8.89. The number of halogens is 3. The third-order valence-electron chi connectivity index (χ3n) is 2.92. The third-order valence-corrected chi connectivity index (χ3v) is 2.92. The molecule has 6 heteroatoms. The number of aliphatic hydroxyl groups is 1. The van der Waals surface area contributed by atoms with E-state index < -0.39 is 11.7 Å². The van der Waals surface area contributed by atoms with Crippen LogP contribution in [0.5, 0.6) is 5.75 Å². The Labute approximate surface area is 123 Å². The Hall–Kier alpha value is -1.27. The summed E-state index contributed by atoms with van der Waals surface area (Å²) in [6.45, 7) is 3.34. The lowest BCUT2D eigenvalue weighted by atomic mass is 10.1. The number of nitrogens with one attached hydrogen (secondary N) is 1. The van der Waals surface area contributed by atoms with Crippen LogP contribution in [0.25, 0.3) is 0 Å². The van der Waals surface area contributed by atoms with Crippen LogP contribution in [0.15, 0.2) is 18.2 Å². The zero-order valence-corrected chi connectivity index (χ0v) is 12.2. The summed E-state index contributed by atoms with van der Waals surface area (Å²) in [5.41, 5.74) is -0.166. The van der Waals surface area contributed by atoms with E-state index in [1.54, 1.807) is 6.07 Å². The van der Waals surface area contributed by atoms with Crippen LogP contribution in [0, 0.1) is 0 Å². The van der Waals surface area contributed by atoms with E-state index >= 15 is 0 Å². The molecule has 21 heavy (non-hydrogen) atoms. The second-order valence-electron chi connectivity index (χ2n) is 4.78.